The van der Waals surface area contributed by atoms with Crippen molar-refractivity contribution in [2.75, 3.05) is 0 Å². The van der Waals surface area contributed by atoms with Crippen LogP contribution >= 0.6 is 22.7 Å². The van der Waals surface area contributed by atoms with Gasteiger partial charge in [0, 0.05) is 73.5 Å². The molecular weight excluding hydrogens is 757 g/mol. The van der Waals surface area contributed by atoms with Gasteiger partial charge in [0.25, 0.3) is 0 Å². The van der Waals surface area contributed by atoms with Gasteiger partial charge in [0.15, 0.2) is 17.5 Å². The molecule has 0 N–H and O–H groups in total. The molecule has 274 valence electrons. The van der Waals surface area contributed by atoms with Gasteiger partial charge in [0.1, 0.15) is 0 Å². The molecule has 0 aliphatic carbocycles. The molecule has 4 heterocycles. The molecule has 13 rings (SSSR count). The number of thiophene rings is 2. The van der Waals surface area contributed by atoms with E-state index < -0.39 is 0 Å². The molecule has 0 saturated heterocycles. The van der Waals surface area contributed by atoms with Crippen molar-refractivity contribution in [2.24, 2.45) is 0 Å². The molecule has 0 unspecified atom stereocenters. The van der Waals surface area contributed by atoms with Crippen LogP contribution in [0.25, 0.3) is 124 Å². The van der Waals surface area contributed by atoms with Crippen LogP contribution in [0.3, 0.4) is 0 Å². The predicted molar refractivity (Wildman–Crippen MR) is 251 cm³/mol. The lowest BCUT2D eigenvalue weighted by molar-refractivity contribution is 1.08. The summed E-state index contributed by atoms with van der Waals surface area (Å²) in [6, 6.07) is 65.6. The second-order valence-corrected chi connectivity index (χ2v) is 17.3. The van der Waals surface area contributed by atoms with Gasteiger partial charge in [-0.2, -0.15) is 0 Å². The van der Waals surface area contributed by atoms with Gasteiger partial charge in [0.2, 0.25) is 0 Å². The summed E-state index contributed by atoms with van der Waals surface area (Å²) in [4.78, 5) is 16.2. The Bertz CT molecular complexity index is 3870. The summed E-state index contributed by atoms with van der Waals surface area (Å²) in [6.07, 6.45) is 0. The fourth-order valence-electron chi connectivity index (χ4n) is 9.08. The highest BCUT2D eigenvalue weighted by Crippen LogP contribution is 2.45. The fourth-order valence-corrected chi connectivity index (χ4v) is 11.4. The fraction of sp³-hybridized carbons (Fsp3) is 0. The van der Waals surface area contributed by atoms with Gasteiger partial charge in [-0.1, -0.05) is 127 Å². The molecular formula is C53H30N4S2. The Balaban J connectivity index is 1.14. The first-order valence-corrected chi connectivity index (χ1v) is 21.4. The lowest BCUT2D eigenvalue weighted by Crippen LogP contribution is -2.02. The van der Waals surface area contributed by atoms with Gasteiger partial charge in [0.05, 0.1) is 11.0 Å². The van der Waals surface area contributed by atoms with Crippen LogP contribution in [-0.2, 0) is 0 Å². The molecule has 9 aromatic carbocycles. The highest BCUT2D eigenvalue weighted by Gasteiger charge is 2.22. The standard InChI is InChI=1S/C53H30N4S2/c1-2-13-32-26-35(25-24-31(32)12-1)51-54-52(40-19-11-23-48-49(40)39-18-7-10-22-47(39)58-48)56-53(55-51)43-30-36(29-42-38-17-6-9-21-46(38)59-50(42)43)57-44-20-8-5-16-37(44)41-27-33-14-3-4-15-34(33)28-45(41)57/h1-30H. The largest absolute Gasteiger partial charge is 0.309 e. The van der Waals surface area contributed by atoms with E-state index in [9.17, 15) is 0 Å². The van der Waals surface area contributed by atoms with E-state index in [2.05, 4.69) is 187 Å². The first kappa shape index (κ1) is 32.8. The summed E-state index contributed by atoms with van der Waals surface area (Å²) in [5.74, 6) is 1.96. The van der Waals surface area contributed by atoms with Gasteiger partial charge in [-0.15, -0.1) is 22.7 Å². The number of aromatic nitrogens is 4. The van der Waals surface area contributed by atoms with E-state index >= 15 is 0 Å². The zero-order valence-electron chi connectivity index (χ0n) is 31.4. The van der Waals surface area contributed by atoms with Crippen molar-refractivity contribution in [1.29, 1.82) is 0 Å². The number of benzene rings is 9. The Morgan fingerprint density at radius 1 is 0.356 bits per heavy atom. The predicted octanol–water partition coefficient (Wildman–Crippen LogP) is 15.0. The quantitative estimate of drug-likeness (QED) is 0.178. The Morgan fingerprint density at radius 2 is 0.983 bits per heavy atom. The summed E-state index contributed by atoms with van der Waals surface area (Å²) in [6.45, 7) is 0. The minimum atomic E-state index is 0.648. The third kappa shape index (κ3) is 5.04. The minimum Gasteiger partial charge on any atom is -0.309 e. The SMILES string of the molecule is c1ccc2cc(-c3nc(-c4cc(-n5c6ccccc6c6cc7ccccc7cc65)cc5c4sc4ccccc45)nc(-c4cccc5sc6ccccc6c45)n3)ccc2c1. The highest BCUT2D eigenvalue weighted by molar-refractivity contribution is 7.26. The summed E-state index contributed by atoms with van der Waals surface area (Å²) in [5.41, 5.74) is 6.33. The van der Waals surface area contributed by atoms with Crippen molar-refractivity contribution in [3.63, 3.8) is 0 Å². The number of para-hydroxylation sites is 1. The summed E-state index contributed by atoms with van der Waals surface area (Å²) >= 11 is 3.61. The second-order valence-electron chi connectivity index (χ2n) is 15.2. The van der Waals surface area contributed by atoms with Crippen molar-refractivity contribution in [3.05, 3.63) is 182 Å². The monoisotopic (exact) mass is 786 g/mol. The Hall–Kier alpha value is -7.25. The van der Waals surface area contributed by atoms with Crippen LogP contribution < -0.4 is 0 Å². The Labute approximate surface area is 345 Å². The first-order valence-electron chi connectivity index (χ1n) is 19.8. The number of rotatable bonds is 4. The minimum absolute atomic E-state index is 0.648. The second kappa shape index (κ2) is 12.6. The lowest BCUT2D eigenvalue weighted by Gasteiger charge is -2.14. The van der Waals surface area contributed by atoms with Crippen molar-refractivity contribution in [1.82, 2.24) is 19.5 Å². The first-order chi connectivity index (χ1) is 29.2. The average molecular weight is 787 g/mol. The molecule has 0 radical (unpaired) electrons. The van der Waals surface area contributed by atoms with E-state index in [1.54, 1.807) is 11.3 Å². The molecule has 13 aromatic rings. The Kier molecular flexibility index (Phi) is 7.02. The third-order valence-electron chi connectivity index (χ3n) is 11.8. The van der Waals surface area contributed by atoms with Crippen molar-refractivity contribution < 1.29 is 0 Å². The van der Waals surface area contributed by atoms with Crippen LogP contribution in [-0.4, -0.2) is 19.5 Å². The van der Waals surface area contributed by atoms with Crippen LogP contribution in [0, 0.1) is 0 Å². The van der Waals surface area contributed by atoms with E-state index in [-0.39, 0.29) is 0 Å². The molecule has 0 saturated carbocycles. The zero-order chi connectivity index (χ0) is 38.6. The van der Waals surface area contributed by atoms with Crippen LogP contribution in [0.5, 0.6) is 0 Å². The van der Waals surface area contributed by atoms with E-state index in [4.69, 9.17) is 15.0 Å². The van der Waals surface area contributed by atoms with E-state index in [1.807, 2.05) is 11.3 Å². The molecule has 0 aliphatic rings. The molecule has 0 bridgehead atoms. The summed E-state index contributed by atoms with van der Waals surface area (Å²) in [7, 11) is 0. The molecule has 4 nitrogen and oxygen atoms in total. The molecule has 6 heteroatoms. The summed E-state index contributed by atoms with van der Waals surface area (Å²) in [5, 5.41) is 12.0. The van der Waals surface area contributed by atoms with Crippen LogP contribution in [0.4, 0.5) is 0 Å². The number of hydrogen-bond acceptors (Lipinski definition) is 5. The molecule has 0 spiro atoms. The van der Waals surface area contributed by atoms with Crippen LogP contribution in [0.2, 0.25) is 0 Å². The molecule has 4 aromatic heterocycles. The van der Waals surface area contributed by atoms with Gasteiger partial charge >= 0.3 is 0 Å². The topological polar surface area (TPSA) is 43.6 Å². The van der Waals surface area contributed by atoms with Gasteiger partial charge < -0.3 is 4.57 Å². The van der Waals surface area contributed by atoms with E-state index in [0.29, 0.717) is 17.5 Å². The van der Waals surface area contributed by atoms with E-state index in [1.165, 1.54) is 68.1 Å². The molecule has 0 amide bonds. The molecule has 0 atom stereocenters. The Morgan fingerprint density at radius 3 is 1.81 bits per heavy atom. The van der Waals surface area contributed by atoms with Crippen molar-refractivity contribution in [2.45, 2.75) is 0 Å². The van der Waals surface area contributed by atoms with E-state index in [0.717, 1.165) is 38.0 Å². The van der Waals surface area contributed by atoms with Gasteiger partial charge in [-0.3, -0.25) is 0 Å². The van der Waals surface area contributed by atoms with Gasteiger partial charge in [-0.05, 0) is 76.1 Å². The van der Waals surface area contributed by atoms with Crippen molar-refractivity contribution in [3.8, 4) is 39.9 Å². The maximum absolute atomic E-state index is 5.49. The van der Waals surface area contributed by atoms with Crippen molar-refractivity contribution >= 4 is 106 Å². The number of nitrogens with zero attached hydrogens (tertiary/aromatic N) is 4. The highest BCUT2D eigenvalue weighted by atomic mass is 32.1. The smallest absolute Gasteiger partial charge is 0.165 e. The summed E-state index contributed by atoms with van der Waals surface area (Å²) < 4.78 is 7.27. The molecule has 59 heavy (non-hydrogen) atoms. The van der Waals surface area contributed by atoms with Crippen LogP contribution in [0.15, 0.2) is 182 Å². The van der Waals surface area contributed by atoms with Crippen LogP contribution in [0.1, 0.15) is 0 Å². The maximum Gasteiger partial charge on any atom is 0.165 e. The number of hydrogen-bond donors (Lipinski definition) is 0. The lowest BCUT2D eigenvalue weighted by atomic mass is 10.0. The van der Waals surface area contributed by atoms with Gasteiger partial charge in [-0.25, -0.2) is 15.0 Å². The maximum atomic E-state index is 5.49. The number of fused-ring (bicyclic) bond motifs is 11. The average Bonchev–Trinajstić information content (AvgIpc) is 3.97. The molecule has 0 aliphatic heterocycles. The molecule has 0 fully saturated rings. The normalized spacial score (nSPS) is 12.1. The zero-order valence-corrected chi connectivity index (χ0v) is 33.1. The third-order valence-corrected chi connectivity index (χ3v) is 14.1.